The van der Waals surface area contributed by atoms with Crippen LogP contribution in [0.1, 0.15) is 29.5 Å². The van der Waals surface area contributed by atoms with E-state index in [-0.39, 0.29) is 0 Å². The smallest absolute Gasteiger partial charge is 0.229 e. The fraction of sp³-hybridized carbons (Fsp3) is 0.414. The highest BCUT2D eigenvalue weighted by atomic mass is 16.5. The van der Waals surface area contributed by atoms with Gasteiger partial charge in [0.2, 0.25) is 5.71 Å². The molecule has 3 saturated heterocycles. The molecule has 0 amide bonds. The number of rotatable bonds is 4. The maximum Gasteiger partial charge on any atom is 0.229 e. The summed E-state index contributed by atoms with van der Waals surface area (Å²) in [6.45, 7) is 5.72. The van der Waals surface area contributed by atoms with Crippen molar-refractivity contribution in [1.82, 2.24) is 19.9 Å². The Morgan fingerprint density at radius 1 is 1.03 bits per heavy atom. The van der Waals surface area contributed by atoms with Crippen LogP contribution in [0.2, 0.25) is 0 Å². The highest BCUT2D eigenvalue weighted by molar-refractivity contribution is 6.05. The van der Waals surface area contributed by atoms with Gasteiger partial charge in [0.05, 0.1) is 30.8 Å². The number of benzene rings is 1. The first kappa shape index (κ1) is 21.7. The van der Waals surface area contributed by atoms with E-state index in [1.807, 2.05) is 6.20 Å². The van der Waals surface area contributed by atoms with Gasteiger partial charge in [-0.3, -0.25) is 4.90 Å². The molecule has 4 aliphatic rings. The predicted molar refractivity (Wildman–Crippen MR) is 141 cm³/mol. The van der Waals surface area contributed by atoms with E-state index in [2.05, 4.69) is 46.2 Å². The van der Waals surface area contributed by atoms with E-state index in [1.54, 1.807) is 0 Å². The Morgan fingerprint density at radius 3 is 2.76 bits per heavy atom. The molecule has 37 heavy (non-hydrogen) atoms. The molecule has 0 N–H and O–H groups in total. The summed E-state index contributed by atoms with van der Waals surface area (Å²) in [6, 6.07) is 8.62. The Balaban J connectivity index is 1.26. The van der Waals surface area contributed by atoms with Crippen molar-refractivity contribution in [3.05, 3.63) is 53.2 Å². The Bertz CT molecular complexity index is 1530. The largest absolute Gasteiger partial charge is 0.432 e. The number of hydrogen-bond donors (Lipinski definition) is 0. The van der Waals surface area contributed by atoms with Crippen molar-refractivity contribution in [2.75, 3.05) is 44.3 Å². The minimum atomic E-state index is 0.373. The predicted octanol–water partition coefficient (Wildman–Crippen LogP) is 4.21. The van der Waals surface area contributed by atoms with Crippen LogP contribution in [0.3, 0.4) is 0 Å². The number of pyridine rings is 1. The number of nitrogens with zero attached hydrogens (tertiary/aromatic N) is 5. The molecule has 3 aromatic heterocycles. The molecule has 188 valence electrons. The van der Waals surface area contributed by atoms with E-state index in [4.69, 9.17) is 28.8 Å². The fourth-order valence-electron chi connectivity index (χ4n) is 6.33. The summed E-state index contributed by atoms with van der Waals surface area (Å²) in [5.41, 5.74) is 6.91. The van der Waals surface area contributed by atoms with Crippen molar-refractivity contribution in [1.29, 1.82) is 0 Å². The molecule has 0 spiro atoms. The van der Waals surface area contributed by atoms with Crippen LogP contribution in [0.25, 0.3) is 39.7 Å². The molecule has 1 aliphatic carbocycles. The molecule has 8 rings (SSSR count). The molecule has 8 heteroatoms. The van der Waals surface area contributed by atoms with Crippen molar-refractivity contribution in [2.45, 2.75) is 38.0 Å². The Morgan fingerprint density at radius 2 is 1.89 bits per heavy atom. The van der Waals surface area contributed by atoms with E-state index in [1.165, 1.54) is 29.5 Å². The van der Waals surface area contributed by atoms with Crippen LogP contribution in [-0.4, -0.2) is 71.5 Å². The Labute approximate surface area is 214 Å². The quantitative estimate of drug-likeness (QED) is 0.417. The zero-order valence-electron chi connectivity index (χ0n) is 20.7. The van der Waals surface area contributed by atoms with Gasteiger partial charge in [0.15, 0.2) is 17.2 Å². The second kappa shape index (κ2) is 8.62. The summed E-state index contributed by atoms with van der Waals surface area (Å²) in [7, 11) is 0. The van der Waals surface area contributed by atoms with Crippen LogP contribution >= 0.6 is 0 Å². The number of morpholine rings is 2. The fourth-order valence-corrected chi connectivity index (χ4v) is 6.33. The van der Waals surface area contributed by atoms with Gasteiger partial charge in [0.25, 0.3) is 0 Å². The molecule has 0 unspecified atom stereocenters. The van der Waals surface area contributed by atoms with Crippen LogP contribution in [0.15, 0.2) is 41.0 Å². The van der Waals surface area contributed by atoms with Gasteiger partial charge in [-0.1, -0.05) is 30.4 Å². The summed E-state index contributed by atoms with van der Waals surface area (Å²) >= 11 is 0. The lowest BCUT2D eigenvalue weighted by atomic mass is 10.0. The minimum Gasteiger partial charge on any atom is -0.432 e. The number of fused-ring (bicyclic) bond motifs is 6. The van der Waals surface area contributed by atoms with Crippen LogP contribution in [0.4, 0.5) is 5.82 Å². The number of allylic oxidation sites excluding steroid dienone is 1. The molecular formula is C29H29N5O3. The van der Waals surface area contributed by atoms with E-state index < -0.39 is 0 Å². The van der Waals surface area contributed by atoms with Gasteiger partial charge in [-0.2, -0.15) is 0 Å². The topological polar surface area (TPSA) is 76.8 Å². The first-order valence-electron chi connectivity index (χ1n) is 13.4. The first-order valence-corrected chi connectivity index (χ1v) is 13.4. The number of hydrogen-bond acceptors (Lipinski definition) is 8. The zero-order valence-corrected chi connectivity index (χ0v) is 20.7. The minimum absolute atomic E-state index is 0.373. The molecule has 1 aromatic carbocycles. The average molecular weight is 496 g/mol. The standard InChI is InChI=1S/C29H29N5O3/c1-3-19-4-2-6-23(22(19)5-1)27-31-25-24-13-18(15-33-16-20-7-8-21(17-33)36-20)14-30-29(24)37-26(25)28(32-27)34-9-11-35-12-10-34/h1-2,4-6,13-14,20-21H,3,7-12,15-17H2/t20-,21+. The third kappa shape index (κ3) is 3.74. The van der Waals surface area contributed by atoms with Gasteiger partial charge in [-0.25, -0.2) is 15.0 Å². The van der Waals surface area contributed by atoms with Gasteiger partial charge >= 0.3 is 0 Å². The van der Waals surface area contributed by atoms with Crippen molar-refractivity contribution in [3.63, 3.8) is 0 Å². The van der Waals surface area contributed by atoms with Crippen molar-refractivity contribution >= 4 is 34.1 Å². The van der Waals surface area contributed by atoms with Crippen molar-refractivity contribution < 1.29 is 13.9 Å². The monoisotopic (exact) mass is 495 g/mol. The maximum absolute atomic E-state index is 6.34. The highest BCUT2D eigenvalue weighted by Gasteiger charge is 2.33. The van der Waals surface area contributed by atoms with Gasteiger partial charge in [-0.05, 0) is 42.0 Å². The summed E-state index contributed by atoms with van der Waals surface area (Å²) < 4.78 is 18.0. The molecule has 4 aromatic rings. The lowest BCUT2D eigenvalue weighted by molar-refractivity contribution is -0.0410. The molecule has 2 bridgehead atoms. The Kier molecular flexibility index (Phi) is 5.06. The van der Waals surface area contributed by atoms with E-state index >= 15 is 0 Å². The average Bonchev–Trinajstić information content (AvgIpc) is 3.65. The molecule has 0 radical (unpaired) electrons. The first-order chi connectivity index (χ1) is 18.3. The second-order valence-electron chi connectivity index (χ2n) is 10.6. The van der Waals surface area contributed by atoms with Crippen LogP contribution in [-0.2, 0) is 22.4 Å². The summed E-state index contributed by atoms with van der Waals surface area (Å²) in [6.07, 6.45) is 10.4. The van der Waals surface area contributed by atoms with Gasteiger partial charge in [0.1, 0.15) is 5.52 Å². The molecule has 2 atom stereocenters. The number of anilines is 1. The van der Waals surface area contributed by atoms with Gasteiger partial charge in [0, 0.05) is 44.5 Å². The van der Waals surface area contributed by atoms with Gasteiger partial charge < -0.3 is 18.8 Å². The third-order valence-corrected chi connectivity index (χ3v) is 8.10. The van der Waals surface area contributed by atoms with Crippen LogP contribution in [0.5, 0.6) is 0 Å². The van der Waals surface area contributed by atoms with Crippen molar-refractivity contribution in [2.24, 2.45) is 0 Å². The van der Waals surface area contributed by atoms with E-state index in [9.17, 15) is 0 Å². The number of furan rings is 1. The maximum atomic E-state index is 6.34. The summed E-state index contributed by atoms with van der Waals surface area (Å²) in [5, 5.41) is 0.949. The molecule has 8 nitrogen and oxygen atoms in total. The second-order valence-corrected chi connectivity index (χ2v) is 10.6. The number of ether oxygens (including phenoxy) is 2. The summed E-state index contributed by atoms with van der Waals surface area (Å²) in [5.74, 6) is 1.56. The normalized spacial score (nSPS) is 23.4. The lowest BCUT2D eigenvalue weighted by Crippen LogP contribution is -2.41. The molecule has 3 aliphatic heterocycles. The zero-order chi connectivity index (χ0) is 24.3. The molecule has 6 heterocycles. The Hall–Kier alpha value is -3.33. The number of likely N-dealkylation sites (tertiary alicyclic amines) is 1. The molecular weight excluding hydrogens is 466 g/mol. The van der Waals surface area contributed by atoms with E-state index in [0.29, 0.717) is 36.7 Å². The highest BCUT2D eigenvalue weighted by Crippen LogP contribution is 2.37. The van der Waals surface area contributed by atoms with Gasteiger partial charge in [-0.15, -0.1) is 0 Å². The van der Waals surface area contributed by atoms with Crippen LogP contribution < -0.4 is 4.90 Å². The summed E-state index contributed by atoms with van der Waals surface area (Å²) in [4.78, 5) is 19.7. The third-order valence-electron chi connectivity index (χ3n) is 8.10. The van der Waals surface area contributed by atoms with Crippen molar-refractivity contribution in [3.8, 4) is 11.4 Å². The molecule has 3 fully saturated rings. The SMILES string of the molecule is C1=Cc2c(cccc2-c2nc(N3CCOCC3)c3oc4ncc(CN5C[C@H]6CC[C@@H](C5)O6)cc4c3n2)C1. The number of aromatic nitrogens is 3. The van der Waals surface area contributed by atoms with Crippen LogP contribution in [0, 0.1) is 0 Å². The van der Waals surface area contributed by atoms with E-state index in [0.717, 1.165) is 67.3 Å². The lowest BCUT2D eigenvalue weighted by Gasteiger charge is -2.31. The molecule has 0 saturated carbocycles.